The van der Waals surface area contributed by atoms with Crippen LogP contribution in [0.2, 0.25) is 0 Å². The number of rotatable bonds is 3. The lowest BCUT2D eigenvalue weighted by molar-refractivity contribution is -0.168. The van der Waals surface area contributed by atoms with Crippen LogP contribution in [0.3, 0.4) is 0 Å². The number of esters is 1. The van der Waals surface area contributed by atoms with E-state index in [1.807, 2.05) is 13.8 Å². The van der Waals surface area contributed by atoms with Gasteiger partial charge in [-0.3, -0.25) is 4.79 Å². The van der Waals surface area contributed by atoms with Crippen molar-refractivity contribution in [1.82, 2.24) is 0 Å². The number of aliphatic hydroxyl groups excluding tert-OH is 2. The number of carbonyl (C=O) groups is 1. The minimum atomic E-state index is -1.16. The van der Waals surface area contributed by atoms with Gasteiger partial charge in [0.2, 0.25) is 0 Å². The molecular formula is C11H20O4. The molecule has 4 heteroatoms. The maximum atomic E-state index is 11.3. The van der Waals surface area contributed by atoms with Gasteiger partial charge in [-0.2, -0.15) is 0 Å². The lowest BCUT2D eigenvalue weighted by Crippen LogP contribution is -2.51. The van der Waals surface area contributed by atoms with Gasteiger partial charge in [0.05, 0.1) is 12.0 Å². The fourth-order valence-corrected chi connectivity index (χ4v) is 2.02. The Morgan fingerprint density at radius 1 is 1.60 bits per heavy atom. The molecule has 1 fully saturated rings. The molecule has 0 aromatic rings. The first-order valence-electron chi connectivity index (χ1n) is 5.43. The van der Waals surface area contributed by atoms with E-state index in [9.17, 15) is 15.0 Å². The van der Waals surface area contributed by atoms with Crippen molar-refractivity contribution in [3.8, 4) is 0 Å². The standard InChI is InChI=1S/C11H20O4/c1-5-6(2)8(12)11(4)9(13)7(3)10(14)15-11/h6-9,12-13H,5H2,1-4H3/t6-,7-,8-,9+,11+/m1/s1. The van der Waals surface area contributed by atoms with Crippen molar-refractivity contribution >= 4 is 5.97 Å². The zero-order valence-electron chi connectivity index (χ0n) is 9.73. The molecule has 0 amide bonds. The van der Waals surface area contributed by atoms with Crippen molar-refractivity contribution in [3.05, 3.63) is 0 Å². The van der Waals surface area contributed by atoms with Gasteiger partial charge in [0, 0.05) is 0 Å². The van der Waals surface area contributed by atoms with E-state index in [1.165, 1.54) is 0 Å². The molecule has 0 saturated carbocycles. The van der Waals surface area contributed by atoms with Crippen LogP contribution < -0.4 is 0 Å². The molecular weight excluding hydrogens is 196 g/mol. The second kappa shape index (κ2) is 4.10. The van der Waals surface area contributed by atoms with Crippen molar-refractivity contribution in [3.63, 3.8) is 0 Å². The summed E-state index contributed by atoms with van der Waals surface area (Å²) >= 11 is 0. The highest BCUT2D eigenvalue weighted by Gasteiger charge is 2.55. The summed E-state index contributed by atoms with van der Waals surface area (Å²) < 4.78 is 5.12. The third-order valence-electron chi connectivity index (χ3n) is 3.52. The molecule has 0 radical (unpaired) electrons. The molecule has 1 aliphatic rings. The van der Waals surface area contributed by atoms with E-state index in [0.29, 0.717) is 0 Å². The zero-order valence-corrected chi connectivity index (χ0v) is 9.73. The highest BCUT2D eigenvalue weighted by molar-refractivity contribution is 5.76. The molecule has 2 N–H and O–H groups in total. The summed E-state index contributed by atoms with van der Waals surface area (Å²) in [5, 5.41) is 19.9. The van der Waals surface area contributed by atoms with Crippen LogP contribution in [-0.4, -0.2) is 34.0 Å². The zero-order chi connectivity index (χ0) is 11.8. The highest BCUT2D eigenvalue weighted by Crippen LogP contribution is 2.37. The first-order valence-corrected chi connectivity index (χ1v) is 5.43. The molecule has 1 heterocycles. The quantitative estimate of drug-likeness (QED) is 0.682. The van der Waals surface area contributed by atoms with Crippen molar-refractivity contribution < 1.29 is 19.7 Å². The van der Waals surface area contributed by atoms with Crippen molar-refractivity contribution in [2.75, 3.05) is 0 Å². The lowest BCUT2D eigenvalue weighted by atomic mass is 9.82. The third kappa shape index (κ3) is 1.88. The molecule has 4 nitrogen and oxygen atoms in total. The van der Waals surface area contributed by atoms with Gasteiger partial charge in [0.15, 0.2) is 5.60 Å². The van der Waals surface area contributed by atoms with Gasteiger partial charge >= 0.3 is 5.97 Å². The number of hydrogen-bond donors (Lipinski definition) is 2. The van der Waals surface area contributed by atoms with Crippen molar-refractivity contribution in [2.24, 2.45) is 11.8 Å². The van der Waals surface area contributed by atoms with Gasteiger partial charge in [-0.25, -0.2) is 0 Å². The van der Waals surface area contributed by atoms with E-state index in [2.05, 4.69) is 0 Å². The summed E-state index contributed by atoms with van der Waals surface area (Å²) in [7, 11) is 0. The van der Waals surface area contributed by atoms with Crippen LogP contribution in [-0.2, 0) is 9.53 Å². The van der Waals surface area contributed by atoms with Gasteiger partial charge in [0.25, 0.3) is 0 Å². The average molecular weight is 216 g/mol. The van der Waals surface area contributed by atoms with Gasteiger partial charge in [-0.15, -0.1) is 0 Å². The van der Waals surface area contributed by atoms with Crippen LogP contribution in [0.25, 0.3) is 0 Å². The normalized spacial score (nSPS) is 40.0. The number of ether oxygens (including phenoxy) is 1. The third-order valence-corrected chi connectivity index (χ3v) is 3.52. The summed E-state index contributed by atoms with van der Waals surface area (Å²) in [6, 6.07) is 0. The lowest BCUT2D eigenvalue weighted by Gasteiger charge is -2.35. The van der Waals surface area contributed by atoms with Gasteiger partial charge in [0.1, 0.15) is 6.10 Å². The van der Waals surface area contributed by atoms with Crippen molar-refractivity contribution in [1.29, 1.82) is 0 Å². The number of hydrogen-bond acceptors (Lipinski definition) is 4. The van der Waals surface area contributed by atoms with Crippen molar-refractivity contribution in [2.45, 2.75) is 51.9 Å². The van der Waals surface area contributed by atoms with E-state index in [-0.39, 0.29) is 5.92 Å². The number of aliphatic hydroxyl groups is 2. The highest BCUT2D eigenvalue weighted by atomic mass is 16.6. The Morgan fingerprint density at radius 2 is 2.13 bits per heavy atom. The maximum Gasteiger partial charge on any atom is 0.312 e. The molecule has 0 unspecified atom stereocenters. The molecule has 1 saturated heterocycles. The number of carbonyl (C=O) groups excluding carboxylic acids is 1. The molecule has 0 spiro atoms. The summed E-state index contributed by atoms with van der Waals surface area (Å²) in [5.41, 5.74) is -1.16. The van der Waals surface area contributed by atoms with E-state index in [4.69, 9.17) is 4.74 Å². The second-order valence-electron chi connectivity index (χ2n) is 4.67. The van der Waals surface area contributed by atoms with Crippen LogP contribution in [0.1, 0.15) is 34.1 Å². The summed E-state index contributed by atoms with van der Waals surface area (Å²) in [6.45, 7) is 7.03. The topological polar surface area (TPSA) is 66.8 Å². The average Bonchev–Trinajstić information content (AvgIpc) is 2.41. The monoisotopic (exact) mass is 216 g/mol. The maximum absolute atomic E-state index is 11.3. The van der Waals surface area contributed by atoms with E-state index < -0.39 is 29.7 Å². The van der Waals surface area contributed by atoms with Crippen LogP contribution >= 0.6 is 0 Å². The van der Waals surface area contributed by atoms with Crippen LogP contribution in [0.5, 0.6) is 0 Å². The van der Waals surface area contributed by atoms with Crippen LogP contribution in [0, 0.1) is 11.8 Å². The van der Waals surface area contributed by atoms with Gasteiger partial charge < -0.3 is 14.9 Å². The Morgan fingerprint density at radius 3 is 2.47 bits per heavy atom. The molecule has 88 valence electrons. The smallest absolute Gasteiger partial charge is 0.312 e. The van der Waals surface area contributed by atoms with E-state index >= 15 is 0 Å². The number of cyclic esters (lactones) is 1. The molecule has 0 aliphatic carbocycles. The molecule has 1 aliphatic heterocycles. The molecule has 0 aromatic heterocycles. The minimum Gasteiger partial charge on any atom is -0.453 e. The predicted molar refractivity (Wildman–Crippen MR) is 55.1 cm³/mol. The van der Waals surface area contributed by atoms with Crippen LogP contribution in [0.4, 0.5) is 0 Å². The Balaban J connectivity index is 2.88. The Hall–Kier alpha value is -0.610. The van der Waals surface area contributed by atoms with E-state index in [1.54, 1.807) is 13.8 Å². The SMILES string of the molecule is CC[C@@H](C)[C@@H](O)[C@]1(C)OC(=O)[C@H](C)[C@@H]1O. The minimum absolute atomic E-state index is 0.0113. The largest absolute Gasteiger partial charge is 0.453 e. The molecule has 15 heavy (non-hydrogen) atoms. The molecule has 1 rings (SSSR count). The molecule has 0 aromatic carbocycles. The van der Waals surface area contributed by atoms with Crippen LogP contribution in [0.15, 0.2) is 0 Å². The fraction of sp³-hybridized carbons (Fsp3) is 0.909. The molecule has 0 bridgehead atoms. The molecule has 5 atom stereocenters. The Bertz CT molecular complexity index is 253. The predicted octanol–water partition coefficient (Wildman–Crippen LogP) is 0.706. The van der Waals surface area contributed by atoms with Gasteiger partial charge in [-0.1, -0.05) is 20.3 Å². The Labute approximate surface area is 90.2 Å². The first-order chi connectivity index (χ1) is 6.84. The first kappa shape index (κ1) is 12.5. The second-order valence-corrected chi connectivity index (χ2v) is 4.67. The summed E-state index contributed by atoms with van der Waals surface area (Å²) in [5.74, 6) is -1.01. The van der Waals surface area contributed by atoms with E-state index in [0.717, 1.165) is 6.42 Å². The van der Waals surface area contributed by atoms with Gasteiger partial charge in [-0.05, 0) is 19.8 Å². The summed E-state index contributed by atoms with van der Waals surface area (Å²) in [4.78, 5) is 11.3. The fourth-order valence-electron chi connectivity index (χ4n) is 2.02. The summed E-state index contributed by atoms with van der Waals surface area (Å²) in [6.07, 6.45) is -0.990. The Kier molecular flexibility index (Phi) is 3.41.